The highest BCUT2D eigenvalue weighted by atomic mass is 35.5. The van der Waals surface area contributed by atoms with Crippen molar-refractivity contribution >= 4 is 29.2 Å². The summed E-state index contributed by atoms with van der Waals surface area (Å²) in [4.78, 5) is 25.5. The van der Waals surface area contributed by atoms with E-state index in [9.17, 15) is 14.7 Å². The smallest absolute Gasteiger partial charge is 0.331 e. The molecule has 22 heavy (non-hydrogen) atoms. The molecular weight excluding hydrogens is 306 g/mol. The van der Waals surface area contributed by atoms with Crippen molar-refractivity contribution in [3.63, 3.8) is 0 Å². The summed E-state index contributed by atoms with van der Waals surface area (Å²) >= 11 is 5.91. The number of carbonyl (C=O) groups excluding carboxylic acids is 1. The van der Waals surface area contributed by atoms with E-state index in [1.807, 2.05) is 0 Å². The molecule has 0 fully saturated rings. The molecule has 0 aliphatic carbocycles. The topological polar surface area (TPSA) is 66.8 Å². The van der Waals surface area contributed by atoms with Crippen LogP contribution in [0.4, 0.5) is 5.69 Å². The Morgan fingerprint density at radius 1 is 1.23 bits per heavy atom. The van der Waals surface area contributed by atoms with Gasteiger partial charge >= 0.3 is 5.97 Å². The average molecular weight is 318 g/mol. The molecule has 0 spiro atoms. The van der Waals surface area contributed by atoms with E-state index >= 15 is 0 Å². The fourth-order valence-electron chi connectivity index (χ4n) is 2.59. The van der Waals surface area contributed by atoms with E-state index in [1.54, 1.807) is 36.4 Å². The van der Waals surface area contributed by atoms with Gasteiger partial charge in [0.15, 0.2) is 6.04 Å². The average Bonchev–Trinajstić information content (AvgIpc) is 2.80. The van der Waals surface area contributed by atoms with Gasteiger partial charge in [0.05, 0.1) is 7.11 Å². The Bertz CT molecular complexity index is 757. The first-order chi connectivity index (χ1) is 10.5. The standard InChI is InChI=1S/C16H12ClNO4/c1-22-11-5-3-10(4-6-11)18-14(16(20)21)12-7-2-9(17)8-13(12)15(18)19/h2-8,14H,1H3,(H,20,21). The molecule has 0 saturated carbocycles. The maximum Gasteiger partial charge on any atom is 0.331 e. The Morgan fingerprint density at radius 3 is 2.50 bits per heavy atom. The van der Waals surface area contributed by atoms with Crippen LogP contribution in [-0.4, -0.2) is 24.1 Å². The van der Waals surface area contributed by atoms with E-state index in [0.717, 1.165) is 0 Å². The molecule has 0 aromatic heterocycles. The number of fused-ring (bicyclic) bond motifs is 1. The highest BCUT2D eigenvalue weighted by Crippen LogP contribution is 2.39. The third-order valence-electron chi connectivity index (χ3n) is 3.60. The molecule has 1 heterocycles. The van der Waals surface area contributed by atoms with Crippen molar-refractivity contribution in [1.29, 1.82) is 0 Å². The third-order valence-corrected chi connectivity index (χ3v) is 3.84. The minimum atomic E-state index is -1.09. The van der Waals surface area contributed by atoms with E-state index in [4.69, 9.17) is 16.3 Å². The van der Waals surface area contributed by atoms with Crippen molar-refractivity contribution in [2.45, 2.75) is 6.04 Å². The first-order valence-electron chi connectivity index (χ1n) is 6.53. The Labute approximate surface area is 131 Å². The summed E-state index contributed by atoms with van der Waals surface area (Å²) in [7, 11) is 1.54. The SMILES string of the molecule is COc1ccc(N2C(=O)c3cc(Cl)ccc3C2C(=O)O)cc1. The van der Waals surface area contributed by atoms with Crippen LogP contribution in [-0.2, 0) is 4.79 Å². The van der Waals surface area contributed by atoms with Crippen LogP contribution < -0.4 is 9.64 Å². The molecule has 112 valence electrons. The van der Waals surface area contributed by atoms with E-state index in [-0.39, 0.29) is 5.91 Å². The van der Waals surface area contributed by atoms with Crippen molar-refractivity contribution in [3.05, 3.63) is 58.6 Å². The summed E-state index contributed by atoms with van der Waals surface area (Å²) in [5, 5.41) is 9.92. The second-order valence-electron chi connectivity index (χ2n) is 4.85. The van der Waals surface area contributed by atoms with Gasteiger partial charge in [-0.25, -0.2) is 4.79 Å². The lowest BCUT2D eigenvalue weighted by Gasteiger charge is -2.22. The number of hydrogen-bond acceptors (Lipinski definition) is 3. The largest absolute Gasteiger partial charge is 0.497 e. The number of nitrogens with zero attached hydrogens (tertiary/aromatic N) is 1. The molecule has 2 aromatic rings. The van der Waals surface area contributed by atoms with Crippen LogP contribution in [0, 0.1) is 0 Å². The molecule has 0 radical (unpaired) electrons. The van der Waals surface area contributed by atoms with Crippen molar-refractivity contribution in [3.8, 4) is 5.75 Å². The molecule has 1 aliphatic rings. The number of carboxylic acids is 1. The maximum absolute atomic E-state index is 12.6. The quantitative estimate of drug-likeness (QED) is 0.944. The monoisotopic (exact) mass is 317 g/mol. The summed E-state index contributed by atoms with van der Waals surface area (Å²) in [5.74, 6) is -0.844. The lowest BCUT2D eigenvalue weighted by Crippen LogP contribution is -2.32. The molecule has 1 unspecified atom stereocenters. The first kappa shape index (κ1) is 14.4. The Hall–Kier alpha value is -2.53. The first-order valence-corrected chi connectivity index (χ1v) is 6.90. The fourth-order valence-corrected chi connectivity index (χ4v) is 2.76. The van der Waals surface area contributed by atoms with Gasteiger partial charge in [-0.3, -0.25) is 9.69 Å². The van der Waals surface area contributed by atoms with Gasteiger partial charge in [0.2, 0.25) is 0 Å². The van der Waals surface area contributed by atoms with Gasteiger partial charge in [-0.15, -0.1) is 0 Å². The van der Waals surface area contributed by atoms with Gasteiger partial charge in [-0.05, 0) is 42.0 Å². The van der Waals surface area contributed by atoms with E-state index < -0.39 is 12.0 Å². The molecule has 0 bridgehead atoms. The van der Waals surface area contributed by atoms with Gasteiger partial charge in [-0.2, -0.15) is 0 Å². The molecule has 0 saturated heterocycles. The molecule has 1 N–H and O–H groups in total. The number of carboxylic acid groups (broad SMARTS) is 1. The summed E-state index contributed by atoms with van der Waals surface area (Å²) in [6.07, 6.45) is 0. The number of hydrogen-bond donors (Lipinski definition) is 1. The van der Waals surface area contributed by atoms with Crippen molar-refractivity contribution in [2.24, 2.45) is 0 Å². The molecule has 1 atom stereocenters. The number of anilines is 1. The highest BCUT2D eigenvalue weighted by Gasteiger charge is 2.42. The zero-order valence-corrected chi connectivity index (χ0v) is 12.4. The number of ether oxygens (including phenoxy) is 1. The summed E-state index contributed by atoms with van der Waals surface area (Å²) in [6, 6.07) is 10.3. The van der Waals surface area contributed by atoms with Gasteiger partial charge in [0.1, 0.15) is 5.75 Å². The number of aliphatic carboxylic acids is 1. The molecule has 6 heteroatoms. The Balaban J connectivity index is 2.10. The number of rotatable bonds is 3. The third kappa shape index (κ3) is 2.19. The maximum atomic E-state index is 12.6. The van der Waals surface area contributed by atoms with Crippen LogP contribution in [0.1, 0.15) is 22.0 Å². The number of amides is 1. The zero-order valence-electron chi connectivity index (χ0n) is 11.6. The molecular formula is C16H12ClNO4. The van der Waals surface area contributed by atoms with Gasteiger partial charge < -0.3 is 9.84 Å². The second kappa shape index (κ2) is 5.35. The zero-order chi connectivity index (χ0) is 15.9. The van der Waals surface area contributed by atoms with E-state index in [1.165, 1.54) is 18.1 Å². The van der Waals surface area contributed by atoms with Crippen LogP contribution in [0.25, 0.3) is 0 Å². The predicted octanol–water partition coefficient (Wildman–Crippen LogP) is 3.13. The van der Waals surface area contributed by atoms with Crippen LogP contribution in [0.2, 0.25) is 5.02 Å². The van der Waals surface area contributed by atoms with Crippen molar-refractivity contribution < 1.29 is 19.4 Å². The summed E-state index contributed by atoms with van der Waals surface area (Å²) in [5.41, 5.74) is 1.25. The van der Waals surface area contributed by atoms with Gasteiger partial charge in [-0.1, -0.05) is 17.7 Å². The van der Waals surface area contributed by atoms with Crippen LogP contribution in [0.5, 0.6) is 5.75 Å². The number of methoxy groups -OCH3 is 1. The molecule has 2 aromatic carbocycles. The van der Waals surface area contributed by atoms with Gasteiger partial charge in [0, 0.05) is 16.3 Å². The molecule has 5 nitrogen and oxygen atoms in total. The van der Waals surface area contributed by atoms with E-state index in [0.29, 0.717) is 27.6 Å². The van der Waals surface area contributed by atoms with Crippen molar-refractivity contribution in [2.75, 3.05) is 12.0 Å². The molecule has 1 amide bonds. The predicted molar refractivity (Wildman–Crippen MR) is 81.6 cm³/mol. The second-order valence-corrected chi connectivity index (χ2v) is 5.28. The normalized spacial score (nSPS) is 16.5. The fraction of sp³-hybridized carbons (Fsp3) is 0.125. The van der Waals surface area contributed by atoms with Gasteiger partial charge in [0.25, 0.3) is 5.91 Å². The minimum absolute atomic E-state index is 0.315. The van der Waals surface area contributed by atoms with Crippen LogP contribution >= 0.6 is 11.6 Å². The minimum Gasteiger partial charge on any atom is -0.497 e. The molecule has 3 rings (SSSR count). The highest BCUT2D eigenvalue weighted by molar-refractivity contribution is 6.31. The Kier molecular flexibility index (Phi) is 3.50. The Morgan fingerprint density at radius 2 is 1.91 bits per heavy atom. The summed E-state index contributed by atoms with van der Waals surface area (Å²) < 4.78 is 5.07. The van der Waals surface area contributed by atoms with Crippen LogP contribution in [0.3, 0.4) is 0 Å². The summed E-state index contributed by atoms with van der Waals surface area (Å²) in [6.45, 7) is 0. The molecule has 1 aliphatic heterocycles. The lowest BCUT2D eigenvalue weighted by atomic mass is 10.0. The van der Waals surface area contributed by atoms with Crippen LogP contribution in [0.15, 0.2) is 42.5 Å². The van der Waals surface area contributed by atoms with Crippen molar-refractivity contribution in [1.82, 2.24) is 0 Å². The van der Waals surface area contributed by atoms with E-state index in [2.05, 4.69) is 0 Å². The number of carbonyl (C=O) groups is 2. The lowest BCUT2D eigenvalue weighted by molar-refractivity contribution is -0.138. The number of halogens is 1. The number of benzene rings is 2.